The smallest absolute Gasteiger partial charge is 0.180 e. The Bertz CT molecular complexity index is 992. The molecule has 0 aliphatic carbocycles. The predicted molar refractivity (Wildman–Crippen MR) is 97.5 cm³/mol. The molecule has 0 aromatic heterocycles. The summed E-state index contributed by atoms with van der Waals surface area (Å²) >= 11 is 0. The lowest BCUT2D eigenvalue weighted by molar-refractivity contribution is 0.482. The van der Waals surface area contributed by atoms with Gasteiger partial charge in [-0.1, -0.05) is 0 Å². The van der Waals surface area contributed by atoms with Crippen LogP contribution in [-0.4, -0.2) is 28.3 Å². The van der Waals surface area contributed by atoms with Gasteiger partial charge in [0, 0.05) is 12.3 Å². The van der Waals surface area contributed by atoms with Crippen molar-refractivity contribution in [3.05, 3.63) is 42.0 Å². The van der Waals surface area contributed by atoms with Gasteiger partial charge in [-0.3, -0.25) is 0 Å². The molecule has 0 heterocycles. The molecule has 0 radical (unpaired) electrons. The zero-order valence-corrected chi connectivity index (χ0v) is 16.1. The van der Waals surface area contributed by atoms with Crippen molar-refractivity contribution in [2.24, 2.45) is 0 Å². The van der Waals surface area contributed by atoms with Crippen LogP contribution in [-0.2, 0) is 19.7 Å². The van der Waals surface area contributed by atoms with Crippen molar-refractivity contribution in [1.29, 1.82) is 0 Å². The van der Waals surface area contributed by atoms with Crippen LogP contribution in [0.15, 0.2) is 46.2 Å². The first-order valence-corrected chi connectivity index (χ1v) is 11.0. The van der Waals surface area contributed by atoms with Crippen LogP contribution in [0.4, 0.5) is 5.69 Å². The van der Waals surface area contributed by atoms with Crippen molar-refractivity contribution in [1.82, 2.24) is 0 Å². The summed E-state index contributed by atoms with van der Waals surface area (Å²) in [5.74, 6) is 0.573. The fourth-order valence-electron chi connectivity index (χ4n) is 2.14. The molecule has 2 rings (SSSR count). The SMILES string of the molecule is Cc1cc(S(=O)(=O)C(C)C)cc(Oc2ccc(S(C)(=O)=O)cc2)c1N. The van der Waals surface area contributed by atoms with Crippen molar-refractivity contribution in [2.45, 2.75) is 35.8 Å². The first-order chi connectivity index (χ1) is 11.4. The third kappa shape index (κ3) is 4.13. The standard InChI is InChI=1S/C17H21NO5S2/c1-11(2)25(21,22)15-9-12(3)17(18)16(10-15)23-13-5-7-14(8-6-13)24(4,19)20/h5-11H,18H2,1-4H3. The number of hydrogen-bond donors (Lipinski definition) is 1. The fraction of sp³-hybridized carbons (Fsp3) is 0.294. The van der Waals surface area contributed by atoms with Gasteiger partial charge in [0.2, 0.25) is 0 Å². The molecular weight excluding hydrogens is 362 g/mol. The third-order valence-corrected chi connectivity index (χ3v) is 7.01. The molecule has 0 bridgehead atoms. The number of benzene rings is 2. The zero-order valence-electron chi connectivity index (χ0n) is 14.5. The van der Waals surface area contributed by atoms with Crippen molar-refractivity contribution in [3.8, 4) is 11.5 Å². The van der Waals surface area contributed by atoms with Gasteiger partial charge in [-0.15, -0.1) is 0 Å². The molecule has 0 atom stereocenters. The maximum Gasteiger partial charge on any atom is 0.180 e. The molecule has 25 heavy (non-hydrogen) atoms. The van der Waals surface area contributed by atoms with Crippen LogP contribution in [0.3, 0.4) is 0 Å². The number of rotatable bonds is 5. The third-order valence-electron chi connectivity index (χ3n) is 3.75. The monoisotopic (exact) mass is 383 g/mol. The van der Waals surface area contributed by atoms with Crippen LogP contribution in [0.2, 0.25) is 0 Å². The molecule has 0 saturated carbocycles. The minimum Gasteiger partial charge on any atom is -0.455 e. The number of sulfone groups is 2. The number of anilines is 1. The lowest BCUT2D eigenvalue weighted by atomic mass is 10.2. The normalized spacial score (nSPS) is 12.4. The van der Waals surface area contributed by atoms with E-state index in [2.05, 4.69) is 0 Å². The molecule has 8 heteroatoms. The Hall–Kier alpha value is -2.06. The van der Waals surface area contributed by atoms with Crippen molar-refractivity contribution in [2.75, 3.05) is 12.0 Å². The topological polar surface area (TPSA) is 104 Å². The molecule has 2 N–H and O–H groups in total. The van der Waals surface area contributed by atoms with E-state index in [1.807, 2.05) is 0 Å². The number of ether oxygens (including phenoxy) is 1. The number of hydrogen-bond acceptors (Lipinski definition) is 6. The minimum atomic E-state index is -3.47. The van der Waals surface area contributed by atoms with Crippen LogP contribution in [0.25, 0.3) is 0 Å². The van der Waals surface area contributed by atoms with Gasteiger partial charge in [0.15, 0.2) is 25.4 Å². The Morgan fingerprint density at radius 1 is 0.960 bits per heavy atom. The van der Waals surface area contributed by atoms with Gasteiger partial charge >= 0.3 is 0 Å². The van der Waals surface area contributed by atoms with E-state index >= 15 is 0 Å². The van der Waals surface area contributed by atoms with Gasteiger partial charge in [-0.25, -0.2) is 16.8 Å². The lowest BCUT2D eigenvalue weighted by Gasteiger charge is -2.15. The lowest BCUT2D eigenvalue weighted by Crippen LogP contribution is -2.14. The molecule has 6 nitrogen and oxygen atoms in total. The maximum atomic E-state index is 12.4. The Kier molecular flexibility index (Phi) is 5.15. The summed E-state index contributed by atoms with van der Waals surface area (Å²) in [6, 6.07) is 8.74. The van der Waals surface area contributed by atoms with Gasteiger partial charge in [0.25, 0.3) is 0 Å². The molecule has 2 aromatic carbocycles. The molecule has 0 spiro atoms. The van der Waals surface area contributed by atoms with Crippen LogP contribution in [0, 0.1) is 6.92 Å². The summed E-state index contributed by atoms with van der Waals surface area (Å²) < 4.78 is 53.5. The van der Waals surface area contributed by atoms with Gasteiger partial charge in [0.1, 0.15) is 5.75 Å². The molecule has 2 aromatic rings. The average Bonchev–Trinajstić information content (AvgIpc) is 2.51. The zero-order chi connectivity index (χ0) is 19.0. The Labute approximate surface area is 148 Å². The highest BCUT2D eigenvalue weighted by Gasteiger charge is 2.22. The van der Waals surface area contributed by atoms with Gasteiger partial charge < -0.3 is 10.5 Å². The molecule has 0 unspecified atom stereocenters. The highest BCUT2D eigenvalue weighted by molar-refractivity contribution is 7.92. The van der Waals surface area contributed by atoms with Crippen LogP contribution >= 0.6 is 0 Å². The first kappa shape index (κ1) is 19.3. The summed E-state index contributed by atoms with van der Waals surface area (Å²) in [6.07, 6.45) is 1.12. The first-order valence-electron chi connectivity index (χ1n) is 7.55. The van der Waals surface area contributed by atoms with Crippen LogP contribution < -0.4 is 10.5 Å². The maximum absolute atomic E-state index is 12.4. The van der Waals surface area contributed by atoms with E-state index in [4.69, 9.17) is 10.5 Å². The van der Waals surface area contributed by atoms with Crippen molar-refractivity contribution >= 4 is 25.4 Å². The second-order valence-electron chi connectivity index (χ2n) is 6.09. The second kappa shape index (κ2) is 6.68. The molecule has 0 aliphatic rings. The minimum absolute atomic E-state index is 0.136. The summed E-state index contributed by atoms with van der Waals surface area (Å²) in [7, 11) is -6.77. The molecule has 0 aliphatic heterocycles. The summed E-state index contributed by atoms with van der Waals surface area (Å²) in [5.41, 5.74) is 6.92. The Balaban J connectivity index is 2.45. The number of nitrogen functional groups attached to an aromatic ring is 1. The molecule has 136 valence electrons. The largest absolute Gasteiger partial charge is 0.455 e. The van der Waals surface area contributed by atoms with E-state index < -0.39 is 24.9 Å². The highest BCUT2D eigenvalue weighted by Crippen LogP contribution is 2.34. The van der Waals surface area contributed by atoms with E-state index in [9.17, 15) is 16.8 Å². The molecular formula is C17H21NO5S2. The van der Waals surface area contributed by atoms with Crippen LogP contribution in [0.1, 0.15) is 19.4 Å². The summed E-state index contributed by atoms with van der Waals surface area (Å²) in [4.78, 5) is 0.303. The van der Waals surface area contributed by atoms with Crippen LogP contribution in [0.5, 0.6) is 11.5 Å². The molecule has 0 saturated heterocycles. The number of aryl methyl sites for hydroxylation is 1. The predicted octanol–water partition coefficient (Wildman–Crippen LogP) is 2.96. The highest BCUT2D eigenvalue weighted by atomic mass is 32.2. The molecule has 0 amide bonds. The van der Waals surface area contributed by atoms with E-state index in [0.717, 1.165) is 6.26 Å². The van der Waals surface area contributed by atoms with E-state index in [1.54, 1.807) is 20.8 Å². The number of nitrogens with two attached hydrogens (primary N) is 1. The Morgan fingerprint density at radius 2 is 1.52 bits per heavy atom. The van der Waals surface area contributed by atoms with E-state index in [0.29, 0.717) is 17.0 Å². The van der Waals surface area contributed by atoms with E-state index in [1.165, 1.54) is 36.4 Å². The van der Waals surface area contributed by atoms with Crippen molar-refractivity contribution < 1.29 is 21.6 Å². The second-order valence-corrected chi connectivity index (χ2v) is 10.6. The van der Waals surface area contributed by atoms with Gasteiger partial charge in [0.05, 0.1) is 20.7 Å². The van der Waals surface area contributed by atoms with Gasteiger partial charge in [-0.05, 0) is 56.7 Å². The quantitative estimate of drug-likeness (QED) is 0.796. The average molecular weight is 383 g/mol. The van der Waals surface area contributed by atoms with Crippen molar-refractivity contribution in [3.63, 3.8) is 0 Å². The summed E-state index contributed by atoms with van der Waals surface area (Å²) in [5, 5.41) is -0.572. The Morgan fingerprint density at radius 3 is 2.00 bits per heavy atom. The van der Waals surface area contributed by atoms with Gasteiger partial charge in [-0.2, -0.15) is 0 Å². The summed E-state index contributed by atoms with van der Waals surface area (Å²) in [6.45, 7) is 4.91. The molecule has 0 fully saturated rings. The van der Waals surface area contributed by atoms with E-state index in [-0.39, 0.29) is 15.5 Å². The fourth-order valence-corrected chi connectivity index (χ4v) is 3.92.